The number of anilines is 3. The minimum Gasteiger partial charge on any atom is -0.481 e. The monoisotopic (exact) mass is 1020 g/mol. The normalized spacial score (nSPS) is 13.5. The van der Waals surface area contributed by atoms with E-state index in [1.54, 1.807) is 49.4 Å². The summed E-state index contributed by atoms with van der Waals surface area (Å²) >= 11 is 0. The molecule has 4 rings (SSSR count). The van der Waals surface area contributed by atoms with Gasteiger partial charge in [0.25, 0.3) is 0 Å². The number of carboxylic acids is 5. The zero-order valence-electron chi connectivity index (χ0n) is 38.8. The highest BCUT2D eigenvalue weighted by Gasteiger charge is 2.31. The number of nitrogens with zero attached hydrogens (tertiary/aromatic N) is 2. The van der Waals surface area contributed by atoms with E-state index in [0.717, 1.165) is 10.2 Å². The Kier molecular flexibility index (Phi) is 20.5. The number of nitrogens with one attached hydrogen (secondary N) is 6. The average molecular weight is 1020 g/mol. The molecule has 390 valence electrons. The van der Waals surface area contributed by atoms with Crippen molar-refractivity contribution in [3.8, 4) is 11.1 Å². The van der Waals surface area contributed by atoms with Crippen LogP contribution in [0.3, 0.4) is 0 Å². The Morgan fingerprint density at radius 2 is 1.30 bits per heavy atom. The Morgan fingerprint density at radius 1 is 0.726 bits per heavy atom. The molecule has 3 aromatic carbocycles. The van der Waals surface area contributed by atoms with Crippen molar-refractivity contribution in [2.24, 2.45) is 11.7 Å². The fourth-order valence-corrected chi connectivity index (χ4v) is 7.21. The number of halogens is 1. The van der Waals surface area contributed by atoms with E-state index in [0.29, 0.717) is 28.5 Å². The second-order valence-corrected chi connectivity index (χ2v) is 16.6. The number of carbonyl (C=O) groups excluding carboxylic acids is 6. The average Bonchev–Trinajstić information content (AvgIpc) is 3.67. The van der Waals surface area contributed by atoms with Crippen LogP contribution >= 0.6 is 0 Å². The molecule has 0 saturated carbocycles. The van der Waals surface area contributed by atoms with Crippen LogP contribution in [0.25, 0.3) is 22.0 Å². The molecule has 0 aliphatic carbocycles. The van der Waals surface area contributed by atoms with Crippen molar-refractivity contribution in [1.29, 1.82) is 0 Å². The van der Waals surface area contributed by atoms with Gasteiger partial charge in [0.15, 0.2) is 5.82 Å². The maximum absolute atomic E-state index is 14.1. The van der Waals surface area contributed by atoms with Crippen molar-refractivity contribution in [2.45, 2.75) is 88.5 Å². The van der Waals surface area contributed by atoms with Crippen molar-refractivity contribution >= 4 is 93.9 Å². The summed E-state index contributed by atoms with van der Waals surface area (Å²) in [6, 6.07) is 6.70. The molecule has 27 heteroatoms. The number of carboxylic acid groups (broad SMARTS) is 5. The molecule has 0 bridgehead atoms. The summed E-state index contributed by atoms with van der Waals surface area (Å²) in [6.07, 6.45) is -4.20. The van der Waals surface area contributed by atoms with Crippen molar-refractivity contribution in [1.82, 2.24) is 31.0 Å². The lowest BCUT2D eigenvalue weighted by Gasteiger charge is -2.22. The van der Waals surface area contributed by atoms with Gasteiger partial charge in [-0.05, 0) is 79.6 Å². The summed E-state index contributed by atoms with van der Waals surface area (Å²) in [5.41, 5.74) is 14.8. The minimum absolute atomic E-state index is 0.00448. The van der Waals surface area contributed by atoms with Crippen molar-refractivity contribution in [3.63, 3.8) is 0 Å². The fourth-order valence-electron chi connectivity index (χ4n) is 7.21. The predicted octanol–water partition coefficient (Wildman–Crippen LogP) is 1.12. The number of hydrogen-bond acceptors (Lipinski definition) is 15. The zero-order valence-corrected chi connectivity index (χ0v) is 38.8. The van der Waals surface area contributed by atoms with Crippen LogP contribution in [-0.2, 0) is 43.2 Å². The number of carbonyl (C=O) groups is 11. The third-order valence-electron chi connectivity index (χ3n) is 11.0. The number of nitrogen functional groups attached to an aromatic ring is 1. The molecule has 1 aromatic heterocycles. The first kappa shape index (κ1) is 56.7. The highest BCUT2D eigenvalue weighted by atomic mass is 19.1. The number of hydrogen-bond donors (Lipinski definition) is 13. The number of urea groups is 1. The lowest BCUT2D eigenvalue weighted by atomic mass is 9.99. The Hall–Kier alpha value is -8.85. The van der Waals surface area contributed by atoms with Crippen LogP contribution < -0.4 is 43.4 Å². The van der Waals surface area contributed by atoms with Gasteiger partial charge in [0.05, 0.1) is 29.1 Å². The molecule has 0 fully saturated rings. The molecule has 73 heavy (non-hydrogen) atoms. The molecule has 0 aliphatic heterocycles. The number of aliphatic carboxylic acids is 5. The maximum atomic E-state index is 14.1. The van der Waals surface area contributed by atoms with E-state index in [2.05, 4.69) is 37.0 Å². The molecule has 6 atom stereocenters. The molecule has 4 aromatic rings. The Bertz CT molecular complexity index is 2750. The van der Waals surface area contributed by atoms with Crippen LogP contribution in [-0.4, -0.2) is 138 Å². The van der Waals surface area contributed by atoms with Crippen LogP contribution in [0.15, 0.2) is 60.7 Å². The van der Waals surface area contributed by atoms with E-state index in [1.807, 2.05) is 0 Å². The largest absolute Gasteiger partial charge is 0.481 e. The quantitative estimate of drug-likeness (QED) is 0.0354. The Labute approximate surface area is 413 Å². The van der Waals surface area contributed by atoms with Crippen molar-refractivity contribution in [3.05, 3.63) is 72.0 Å². The van der Waals surface area contributed by atoms with Gasteiger partial charge in [-0.15, -0.1) is 5.10 Å². The van der Waals surface area contributed by atoms with Crippen molar-refractivity contribution in [2.75, 3.05) is 22.9 Å². The summed E-state index contributed by atoms with van der Waals surface area (Å²) in [6.45, 7) is 1.27. The smallest absolute Gasteiger partial charge is 0.326 e. The first-order valence-corrected chi connectivity index (χ1v) is 22.2. The molecule has 5 amide bonds. The summed E-state index contributed by atoms with van der Waals surface area (Å²) in [5, 5.41) is 65.6. The van der Waals surface area contributed by atoms with Gasteiger partial charge in [-0.1, -0.05) is 30.3 Å². The number of amides is 5. The summed E-state index contributed by atoms with van der Waals surface area (Å²) in [7, 11) is 0. The molecular weight excluding hydrogens is 968 g/mol. The van der Waals surface area contributed by atoms with E-state index in [4.69, 9.17) is 16.6 Å². The first-order valence-electron chi connectivity index (χ1n) is 22.2. The number of nitrogens with two attached hydrogens (primary N) is 2. The van der Waals surface area contributed by atoms with Crippen molar-refractivity contribution < 1.29 is 82.7 Å². The number of rotatable bonds is 28. The number of aryl methyl sites for hydroxylation is 1. The topological polar surface area (TPSA) is 431 Å². The summed E-state index contributed by atoms with van der Waals surface area (Å²) < 4.78 is 15.1. The lowest BCUT2D eigenvalue weighted by molar-refractivity contribution is -0.144. The van der Waals surface area contributed by atoms with Gasteiger partial charge in [-0.25, -0.2) is 23.6 Å². The van der Waals surface area contributed by atoms with Crippen LogP contribution in [0.5, 0.6) is 0 Å². The predicted molar refractivity (Wildman–Crippen MR) is 254 cm³/mol. The van der Waals surface area contributed by atoms with Gasteiger partial charge in [-0.2, -0.15) is 4.68 Å². The molecule has 0 aliphatic rings. The SMILES string of the molecule is Cc1ccc(F)c(NC(=O)Nc2ccc(-c3cccc4c3c(N)nn4C(=O)C[C@H](N)C(=O)N[C@@H](CC(C=O)CN[C@@H](CCC(=O)N[C@@H](CCC(=O)N[C@@H](CCC(=O)O)C(=O)O)C(=O)O)C(=O)O)C(=O)O)cc2)c1. The minimum atomic E-state index is -1.77. The number of aldehydes is 1. The number of benzene rings is 3. The molecular formula is C46H53FN10O16. The van der Waals surface area contributed by atoms with E-state index in [9.17, 15) is 77.6 Å². The van der Waals surface area contributed by atoms with Crippen LogP contribution in [0, 0.1) is 18.7 Å². The first-order chi connectivity index (χ1) is 34.5. The second kappa shape index (κ2) is 26.4. The van der Waals surface area contributed by atoms with Gasteiger partial charge in [-0.3, -0.25) is 28.8 Å². The van der Waals surface area contributed by atoms with E-state index in [1.165, 1.54) is 18.2 Å². The second-order valence-electron chi connectivity index (χ2n) is 16.6. The molecule has 0 saturated heterocycles. The highest BCUT2D eigenvalue weighted by Crippen LogP contribution is 2.33. The Morgan fingerprint density at radius 3 is 1.86 bits per heavy atom. The standard InChI is InChI=1S/C46H53FN10O16/c1-22-5-10-27(47)32(17-22)55-46(73)51-25-8-6-24(7-9-25)26-3-2-4-34-39(26)40(49)56-57(34)37(61)19-28(48)41(64)54-33(45(71)72)18-23(21-58)20-50-29(42(65)66)11-14-35(59)52-30(43(67)68)12-15-36(60)53-31(44(69)70)13-16-38(62)63/h2-10,17,21,23,28-31,33,50H,11-16,18-20,48H2,1H3,(H2,49,56)(H,52,59)(H,53,60)(H,54,64)(H,62,63)(H,65,66)(H,67,68)(H,69,70)(H,71,72)(H2,51,55,73)/t23?,28-,29-,30-,31-,33-/m0/s1. The molecule has 15 N–H and O–H groups in total. The van der Waals surface area contributed by atoms with Gasteiger partial charge in [0, 0.05) is 37.4 Å². The molecule has 1 unspecified atom stereocenters. The highest BCUT2D eigenvalue weighted by molar-refractivity contribution is 6.06. The van der Waals surface area contributed by atoms with Gasteiger partial charge < -0.3 is 73.7 Å². The van der Waals surface area contributed by atoms with E-state index >= 15 is 0 Å². The van der Waals surface area contributed by atoms with Gasteiger partial charge in [0.2, 0.25) is 23.6 Å². The third-order valence-corrected chi connectivity index (χ3v) is 11.0. The van der Waals surface area contributed by atoms with Gasteiger partial charge in [0.1, 0.15) is 36.3 Å². The molecule has 1 heterocycles. The van der Waals surface area contributed by atoms with Crippen LogP contribution in [0.2, 0.25) is 0 Å². The fraction of sp³-hybridized carbons (Fsp3) is 0.348. The molecule has 0 radical (unpaired) electrons. The number of fused-ring (bicyclic) bond motifs is 1. The maximum Gasteiger partial charge on any atom is 0.326 e. The van der Waals surface area contributed by atoms with Crippen LogP contribution in [0.1, 0.15) is 61.7 Å². The number of aromatic nitrogens is 2. The zero-order chi connectivity index (χ0) is 54.1. The van der Waals surface area contributed by atoms with Gasteiger partial charge >= 0.3 is 35.9 Å². The van der Waals surface area contributed by atoms with E-state index in [-0.39, 0.29) is 17.0 Å². The third kappa shape index (κ3) is 16.9. The van der Waals surface area contributed by atoms with E-state index < -0.39 is 159 Å². The molecule has 26 nitrogen and oxygen atoms in total. The lowest BCUT2D eigenvalue weighted by Crippen LogP contribution is -2.50. The Balaban J connectivity index is 1.30. The summed E-state index contributed by atoms with van der Waals surface area (Å²) in [4.78, 5) is 134. The summed E-state index contributed by atoms with van der Waals surface area (Å²) in [5.74, 6) is -13.3. The molecule has 0 spiro atoms. The van der Waals surface area contributed by atoms with Crippen LogP contribution in [0.4, 0.5) is 26.4 Å².